The fourth-order valence-electron chi connectivity index (χ4n) is 2.40. The van der Waals surface area contributed by atoms with E-state index in [-0.39, 0.29) is 24.2 Å². The van der Waals surface area contributed by atoms with E-state index in [2.05, 4.69) is 10.3 Å². The summed E-state index contributed by atoms with van der Waals surface area (Å²) in [5.41, 5.74) is 0.404. The van der Waals surface area contributed by atoms with Crippen LogP contribution in [-0.2, 0) is 11.2 Å². The molecule has 0 radical (unpaired) electrons. The van der Waals surface area contributed by atoms with Crippen molar-refractivity contribution in [2.24, 2.45) is 0 Å². The topological polar surface area (TPSA) is 51.0 Å². The summed E-state index contributed by atoms with van der Waals surface area (Å²) in [6.45, 7) is 1.24. The van der Waals surface area contributed by atoms with Crippen molar-refractivity contribution in [3.63, 3.8) is 0 Å². The van der Waals surface area contributed by atoms with Gasteiger partial charge in [0.05, 0.1) is 12.2 Å². The molecule has 1 aromatic heterocycles. The van der Waals surface area contributed by atoms with Crippen molar-refractivity contribution in [3.8, 4) is 0 Å². The van der Waals surface area contributed by atoms with Gasteiger partial charge >= 0.3 is 0 Å². The van der Waals surface area contributed by atoms with Gasteiger partial charge in [-0.2, -0.15) is 0 Å². The number of likely N-dealkylation sites (tertiary alicyclic amines) is 1. The molecule has 5 nitrogen and oxygen atoms in total. The van der Waals surface area contributed by atoms with Gasteiger partial charge in [-0.15, -0.1) is 5.10 Å². The van der Waals surface area contributed by atoms with E-state index in [4.69, 9.17) is 11.6 Å². The molecule has 1 saturated heterocycles. The number of hydrogen-bond acceptors (Lipinski definition) is 3. The van der Waals surface area contributed by atoms with Crippen molar-refractivity contribution >= 4 is 17.5 Å². The molecule has 0 bridgehead atoms. The number of hydrogen-bond donors (Lipinski definition) is 0. The number of benzene rings is 1. The van der Waals surface area contributed by atoms with E-state index in [1.807, 2.05) is 0 Å². The van der Waals surface area contributed by atoms with Gasteiger partial charge in [0.1, 0.15) is 5.82 Å². The van der Waals surface area contributed by atoms with Gasteiger partial charge in [0, 0.05) is 36.3 Å². The number of amides is 1. The zero-order valence-electron chi connectivity index (χ0n) is 11.2. The van der Waals surface area contributed by atoms with Crippen molar-refractivity contribution < 1.29 is 9.18 Å². The molecule has 0 spiro atoms. The van der Waals surface area contributed by atoms with Gasteiger partial charge in [-0.1, -0.05) is 22.9 Å². The van der Waals surface area contributed by atoms with Gasteiger partial charge in [-0.25, -0.2) is 9.07 Å². The number of rotatable bonds is 4. The molecule has 0 unspecified atom stereocenters. The van der Waals surface area contributed by atoms with E-state index < -0.39 is 0 Å². The zero-order valence-corrected chi connectivity index (χ0v) is 12.0. The summed E-state index contributed by atoms with van der Waals surface area (Å²) >= 11 is 5.95. The van der Waals surface area contributed by atoms with Crippen LogP contribution < -0.4 is 0 Å². The number of halogens is 2. The molecule has 1 aromatic carbocycles. The van der Waals surface area contributed by atoms with Gasteiger partial charge in [0.15, 0.2) is 0 Å². The maximum Gasteiger partial charge on any atom is 0.223 e. The number of aromatic nitrogens is 3. The SMILES string of the molecule is O=C(CCc1c(F)cccc1Cl)N1CC(n2ccnn2)C1. The van der Waals surface area contributed by atoms with E-state index in [1.54, 1.807) is 34.1 Å². The summed E-state index contributed by atoms with van der Waals surface area (Å²) in [7, 11) is 0. The zero-order chi connectivity index (χ0) is 14.8. The third-order valence-electron chi connectivity index (χ3n) is 3.68. The second kappa shape index (κ2) is 5.81. The molecule has 1 aliphatic heterocycles. The predicted octanol–water partition coefficient (Wildman–Crippen LogP) is 2.09. The molecule has 7 heteroatoms. The molecule has 1 aliphatic rings. The molecule has 110 valence electrons. The van der Waals surface area contributed by atoms with Crippen LogP contribution in [0.4, 0.5) is 4.39 Å². The molecule has 1 fully saturated rings. The Balaban J connectivity index is 1.52. The highest BCUT2D eigenvalue weighted by Crippen LogP contribution is 2.23. The highest BCUT2D eigenvalue weighted by atomic mass is 35.5. The van der Waals surface area contributed by atoms with Gasteiger partial charge in [-0.3, -0.25) is 4.79 Å². The summed E-state index contributed by atoms with van der Waals surface area (Å²) in [5, 5.41) is 8.02. The van der Waals surface area contributed by atoms with Crippen LogP contribution in [-0.4, -0.2) is 38.9 Å². The van der Waals surface area contributed by atoms with Gasteiger partial charge in [0.2, 0.25) is 5.91 Å². The summed E-state index contributed by atoms with van der Waals surface area (Å²) < 4.78 is 15.4. The summed E-state index contributed by atoms with van der Waals surface area (Å²) in [5.74, 6) is -0.356. The second-order valence-electron chi connectivity index (χ2n) is 5.04. The molecular weight excluding hydrogens is 295 g/mol. The standard InChI is InChI=1S/C14H14ClFN4O/c15-12-2-1-3-13(16)11(12)4-5-14(21)19-8-10(9-19)20-7-6-17-18-20/h1-3,6-7,10H,4-5,8-9H2. The normalized spacial score (nSPS) is 15.0. The Morgan fingerprint density at radius 2 is 2.24 bits per heavy atom. The van der Waals surface area contributed by atoms with Crippen LogP contribution in [0.25, 0.3) is 0 Å². The van der Waals surface area contributed by atoms with E-state index in [9.17, 15) is 9.18 Å². The maximum atomic E-state index is 13.6. The highest BCUT2D eigenvalue weighted by molar-refractivity contribution is 6.31. The summed E-state index contributed by atoms with van der Waals surface area (Å²) in [6, 6.07) is 4.74. The van der Waals surface area contributed by atoms with Crippen molar-refractivity contribution in [2.75, 3.05) is 13.1 Å². The third-order valence-corrected chi connectivity index (χ3v) is 4.03. The fraction of sp³-hybridized carbons (Fsp3) is 0.357. The van der Waals surface area contributed by atoms with E-state index in [0.29, 0.717) is 30.1 Å². The number of carbonyl (C=O) groups excluding carboxylic acids is 1. The van der Waals surface area contributed by atoms with Crippen LogP contribution in [0.3, 0.4) is 0 Å². The van der Waals surface area contributed by atoms with Crippen LogP contribution in [0, 0.1) is 5.82 Å². The van der Waals surface area contributed by atoms with Crippen molar-refractivity contribution in [1.82, 2.24) is 19.9 Å². The minimum absolute atomic E-state index is 0.00526. The lowest BCUT2D eigenvalue weighted by atomic mass is 10.1. The Labute approximate surface area is 126 Å². The Bertz CT molecular complexity index is 620. The first-order chi connectivity index (χ1) is 10.1. The van der Waals surface area contributed by atoms with E-state index in [0.717, 1.165) is 0 Å². The van der Waals surface area contributed by atoms with Crippen LogP contribution in [0.15, 0.2) is 30.6 Å². The molecule has 0 atom stereocenters. The molecule has 2 heterocycles. The highest BCUT2D eigenvalue weighted by Gasteiger charge is 2.32. The lowest BCUT2D eigenvalue weighted by Crippen LogP contribution is -2.51. The first-order valence-corrected chi connectivity index (χ1v) is 7.09. The van der Waals surface area contributed by atoms with Gasteiger partial charge in [0.25, 0.3) is 0 Å². The molecular formula is C14H14ClFN4O. The van der Waals surface area contributed by atoms with Crippen LogP contribution >= 0.6 is 11.6 Å². The molecule has 0 aliphatic carbocycles. The Morgan fingerprint density at radius 1 is 1.43 bits per heavy atom. The Kier molecular flexibility index (Phi) is 3.88. The molecule has 2 aromatic rings. The molecule has 0 N–H and O–H groups in total. The van der Waals surface area contributed by atoms with E-state index >= 15 is 0 Å². The fourth-order valence-corrected chi connectivity index (χ4v) is 2.66. The van der Waals surface area contributed by atoms with Gasteiger partial charge in [-0.05, 0) is 18.6 Å². The summed E-state index contributed by atoms with van der Waals surface area (Å²) in [6.07, 6.45) is 3.97. The maximum absolute atomic E-state index is 13.6. The largest absolute Gasteiger partial charge is 0.338 e. The minimum atomic E-state index is -0.362. The third kappa shape index (κ3) is 2.90. The number of nitrogens with zero attached hydrogens (tertiary/aromatic N) is 4. The van der Waals surface area contributed by atoms with Crippen LogP contribution in [0.1, 0.15) is 18.0 Å². The lowest BCUT2D eigenvalue weighted by Gasteiger charge is -2.39. The Hall–Kier alpha value is -1.95. The average Bonchev–Trinajstić information content (AvgIpc) is 2.90. The van der Waals surface area contributed by atoms with Crippen molar-refractivity contribution in [3.05, 3.63) is 47.0 Å². The first-order valence-electron chi connectivity index (χ1n) is 6.71. The quantitative estimate of drug-likeness (QED) is 0.869. The van der Waals surface area contributed by atoms with Crippen molar-refractivity contribution in [1.29, 1.82) is 0 Å². The first kappa shape index (κ1) is 14.0. The predicted molar refractivity (Wildman–Crippen MR) is 75.4 cm³/mol. The molecule has 21 heavy (non-hydrogen) atoms. The lowest BCUT2D eigenvalue weighted by molar-refractivity contribution is -0.137. The van der Waals surface area contributed by atoms with E-state index in [1.165, 1.54) is 6.07 Å². The average molecular weight is 309 g/mol. The Morgan fingerprint density at radius 3 is 2.90 bits per heavy atom. The van der Waals surface area contributed by atoms with Crippen LogP contribution in [0.2, 0.25) is 5.02 Å². The van der Waals surface area contributed by atoms with Crippen LogP contribution in [0.5, 0.6) is 0 Å². The second-order valence-corrected chi connectivity index (χ2v) is 5.44. The monoisotopic (exact) mass is 308 g/mol. The smallest absolute Gasteiger partial charge is 0.223 e. The molecule has 0 saturated carbocycles. The summed E-state index contributed by atoms with van der Waals surface area (Å²) in [4.78, 5) is 13.8. The van der Waals surface area contributed by atoms with Gasteiger partial charge < -0.3 is 4.90 Å². The molecule has 1 amide bonds. The molecule has 3 rings (SSSR count). The number of carbonyl (C=O) groups is 1. The minimum Gasteiger partial charge on any atom is -0.338 e. The van der Waals surface area contributed by atoms with Crippen molar-refractivity contribution in [2.45, 2.75) is 18.9 Å².